The normalized spacial score (nSPS) is 5.33. The first-order chi connectivity index (χ1) is 4.18. The molecule has 0 aromatic heterocycles. The Bertz CT molecular complexity index is 141. The summed E-state index contributed by atoms with van der Waals surface area (Å²) in [5, 5.41) is 7.51. The molecule has 0 aliphatic rings. The molecule has 0 radical (unpaired) electrons. The Hall–Kier alpha value is -1.36. The molecule has 0 aromatic carbocycles. The van der Waals surface area contributed by atoms with Crippen LogP contribution < -0.4 is 0 Å². The van der Waals surface area contributed by atoms with Gasteiger partial charge in [-0.2, -0.15) is 5.26 Å². The summed E-state index contributed by atoms with van der Waals surface area (Å²) in [6.45, 7) is 8.08. The van der Waals surface area contributed by atoms with E-state index in [2.05, 4.69) is 13.2 Å². The van der Waals surface area contributed by atoms with Crippen LogP contribution in [0.4, 0.5) is 0 Å². The summed E-state index contributed by atoms with van der Waals surface area (Å²) in [5.41, 5.74) is 0.574. The molecule has 0 bridgehead atoms. The van der Waals surface area contributed by atoms with Crippen LogP contribution in [0.3, 0.4) is 0 Å². The van der Waals surface area contributed by atoms with Gasteiger partial charge in [-0.25, -0.2) is 0 Å². The quantitative estimate of drug-likeness (QED) is 0.301. The monoisotopic (exact) mass is 123 g/mol. The van der Waals surface area contributed by atoms with Gasteiger partial charge in [0.25, 0.3) is 0 Å². The lowest BCUT2D eigenvalue weighted by atomic mass is 10.4. The zero-order valence-electron chi connectivity index (χ0n) is 5.42. The Kier molecular flexibility index (Phi) is 11.5. The Labute approximate surface area is 55.1 Å². The highest BCUT2D eigenvalue weighted by Gasteiger charge is 1.66. The number of carbonyl (C=O) groups excluding carboxylic acids is 1. The molecule has 0 heterocycles. The molecular formula is C7H9NO. The zero-order valence-corrected chi connectivity index (χ0v) is 5.42. The Morgan fingerprint density at radius 3 is 2.00 bits per heavy atom. The zero-order chi connectivity index (χ0) is 7.70. The standard InChI is InChI=1S/C4H6O.C3H3N/c1-4(2)3-5;1-2-3-4/h3H,1H2,2H3;2H,1H2. The van der Waals surface area contributed by atoms with Crippen LogP contribution in [0.15, 0.2) is 24.8 Å². The van der Waals surface area contributed by atoms with Crippen LogP contribution in [0.2, 0.25) is 0 Å². The van der Waals surface area contributed by atoms with Gasteiger partial charge in [-0.15, -0.1) is 0 Å². The average molecular weight is 123 g/mol. The van der Waals surface area contributed by atoms with E-state index in [0.717, 1.165) is 6.29 Å². The Balaban J connectivity index is 0. The predicted molar refractivity (Wildman–Crippen MR) is 36.7 cm³/mol. The number of nitrogens with zero attached hydrogens (tertiary/aromatic N) is 1. The summed E-state index contributed by atoms with van der Waals surface area (Å²) in [7, 11) is 0. The SMILES string of the molecule is C=C(C)C=O.C=CC#N. The van der Waals surface area contributed by atoms with E-state index >= 15 is 0 Å². The molecule has 0 fully saturated rings. The summed E-state index contributed by atoms with van der Waals surface area (Å²) in [6.07, 6.45) is 1.90. The van der Waals surface area contributed by atoms with Gasteiger partial charge >= 0.3 is 0 Å². The first kappa shape index (κ1) is 10.6. The molecule has 2 nitrogen and oxygen atoms in total. The summed E-state index contributed by atoms with van der Waals surface area (Å²) in [6, 6.07) is 1.69. The molecule has 48 valence electrons. The van der Waals surface area contributed by atoms with Gasteiger partial charge < -0.3 is 0 Å². The second-order valence-electron chi connectivity index (χ2n) is 1.30. The third-order valence-electron chi connectivity index (χ3n) is 0.292. The molecule has 0 N–H and O–H groups in total. The fourth-order valence-corrected chi connectivity index (χ4v) is 0. The largest absolute Gasteiger partial charge is 0.298 e. The van der Waals surface area contributed by atoms with Crippen molar-refractivity contribution in [3.8, 4) is 6.07 Å². The third-order valence-corrected chi connectivity index (χ3v) is 0.292. The molecule has 0 saturated carbocycles. The van der Waals surface area contributed by atoms with Gasteiger partial charge in [0, 0.05) is 6.08 Å². The van der Waals surface area contributed by atoms with Gasteiger partial charge in [0.15, 0.2) is 0 Å². The molecule has 0 unspecified atom stereocenters. The summed E-state index contributed by atoms with van der Waals surface area (Å²) in [5.74, 6) is 0. The van der Waals surface area contributed by atoms with Gasteiger partial charge in [-0.05, 0) is 12.5 Å². The maximum atomic E-state index is 9.41. The number of aldehydes is 1. The van der Waals surface area contributed by atoms with Gasteiger partial charge in [0.2, 0.25) is 0 Å². The van der Waals surface area contributed by atoms with E-state index in [4.69, 9.17) is 5.26 Å². The van der Waals surface area contributed by atoms with Crippen molar-refractivity contribution in [3.63, 3.8) is 0 Å². The van der Waals surface area contributed by atoms with Crippen LogP contribution in [0.5, 0.6) is 0 Å². The van der Waals surface area contributed by atoms with Gasteiger partial charge in [-0.3, -0.25) is 4.79 Å². The summed E-state index contributed by atoms with van der Waals surface area (Å²) >= 11 is 0. The van der Waals surface area contributed by atoms with Crippen molar-refractivity contribution in [2.75, 3.05) is 0 Å². The van der Waals surface area contributed by atoms with Crippen LogP contribution >= 0.6 is 0 Å². The van der Waals surface area contributed by atoms with Crippen LogP contribution in [-0.2, 0) is 4.79 Å². The lowest BCUT2D eigenvalue weighted by molar-refractivity contribution is -0.104. The Morgan fingerprint density at radius 1 is 1.78 bits per heavy atom. The van der Waals surface area contributed by atoms with Crippen molar-refractivity contribution in [2.45, 2.75) is 6.92 Å². The van der Waals surface area contributed by atoms with E-state index in [0.29, 0.717) is 5.57 Å². The molecule has 0 saturated heterocycles. The van der Waals surface area contributed by atoms with Crippen LogP contribution in [-0.4, -0.2) is 6.29 Å². The van der Waals surface area contributed by atoms with Crippen molar-refractivity contribution >= 4 is 6.29 Å². The maximum Gasteiger partial charge on any atom is 0.145 e. The minimum atomic E-state index is 0.574. The minimum absolute atomic E-state index is 0.574. The van der Waals surface area contributed by atoms with Gasteiger partial charge in [0.05, 0.1) is 6.07 Å². The molecule has 9 heavy (non-hydrogen) atoms. The predicted octanol–water partition coefficient (Wildman–Crippen LogP) is 1.46. The second kappa shape index (κ2) is 9.81. The number of hydrogen-bond acceptors (Lipinski definition) is 2. The van der Waals surface area contributed by atoms with Crippen molar-refractivity contribution in [3.05, 3.63) is 24.8 Å². The van der Waals surface area contributed by atoms with Crippen molar-refractivity contribution in [2.24, 2.45) is 0 Å². The fraction of sp³-hybridized carbons (Fsp3) is 0.143. The molecular weight excluding hydrogens is 114 g/mol. The molecule has 0 amide bonds. The van der Waals surface area contributed by atoms with Gasteiger partial charge in [-0.1, -0.05) is 13.2 Å². The molecule has 0 aliphatic carbocycles. The number of carbonyl (C=O) groups is 1. The molecule has 0 aliphatic heterocycles. The highest BCUT2D eigenvalue weighted by Crippen LogP contribution is 1.70. The average Bonchev–Trinajstić information content (AvgIpc) is 1.89. The fourth-order valence-electron chi connectivity index (χ4n) is 0. The molecule has 2 heteroatoms. The summed E-state index contributed by atoms with van der Waals surface area (Å²) < 4.78 is 0. The second-order valence-corrected chi connectivity index (χ2v) is 1.30. The van der Waals surface area contributed by atoms with Crippen molar-refractivity contribution in [1.29, 1.82) is 5.26 Å². The number of rotatable bonds is 1. The van der Waals surface area contributed by atoms with E-state index in [-0.39, 0.29) is 0 Å². The molecule has 0 rings (SSSR count). The van der Waals surface area contributed by atoms with E-state index in [1.54, 1.807) is 13.0 Å². The highest BCUT2D eigenvalue weighted by atomic mass is 16.1. The number of allylic oxidation sites excluding steroid dienone is 2. The first-order valence-corrected chi connectivity index (χ1v) is 2.30. The maximum absolute atomic E-state index is 9.41. The highest BCUT2D eigenvalue weighted by molar-refractivity contribution is 5.70. The van der Waals surface area contributed by atoms with Crippen LogP contribution in [0, 0.1) is 11.3 Å². The van der Waals surface area contributed by atoms with E-state index in [1.165, 1.54) is 6.08 Å². The van der Waals surface area contributed by atoms with E-state index < -0.39 is 0 Å². The Morgan fingerprint density at radius 2 is 2.00 bits per heavy atom. The minimum Gasteiger partial charge on any atom is -0.298 e. The first-order valence-electron chi connectivity index (χ1n) is 2.30. The molecule has 0 spiro atoms. The molecule has 0 aromatic rings. The molecule has 0 atom stereocenters. The number of nitriles is 1. The number of hydrogen-bond donors (Lipinski definition) is 0. The van der Waals surface area contributed by atoms with Crippen LogP contribution in [0.1, 0.15) is 6.92 Å². The van der Waals surface area contributed by atoms with Crippen molar-refractivity contribution in [1.82, 2.24) is 0 Å². The topological polar surface area (TPSA) is 40.9 Å². The van der Waals surface area contributed by atoms with E-state index in [9.17, 15) is 4.79 Å². The third kappa shape index (κ3) is 53.2. The summed E-state index contributed by atoms with van der Waals surface area (Å²) in [4.78, 5) is 9.41. The van der Waals surface area contributed by atoms with Gasteiger partial charge in [0.1, 0.15) is 6.29 Å². The van der Waals surface area contributed by atoms with E-state index in [1.807, 2.05) is 0 Å². The smallest absolute Gasteiger partial charge is 0.145 e. The lowest BCUT2D eigenvalue weighted by Gasteiger charge is -1.65. The van der Waals surface area contributed by atoms with Crippen LogP contribution in [0.25, 0.3) is 0 Å². The lowest BCUT2D eigenvalue weighted by Crippen LogP contribution is -1.65. The van der Waals surface area contributed by atoms with Crippen molar-refractivity contribution < 1.29 is 4.79 Å².